The van der Waals surface area contributed by atoms with E-state index in [1.165, 1.54) is 6.08 Å². The van der Waals surface area contributed by atoms with Gasteiger partial charge in [0.15, 0.2) is 0 Å². The van der Waals surface area contributed by atoms with Gasteiger partial charge in [-0.2, -0.15) is 5.26 Å². The van der Waals surface area contributed by atoms with Crippen LogP contribution in [-0.2, 0) is 9.53 Å². The molecule has 18 heavy (non-hydrogen) atoms. The molecule has 0 unspecified atom stereocenters. The van der Waals surface area contributed by atoms with E-state index in [1.807, 2.05) is 0 Å². The molecule has 0 N–H and O–H groups in total. The summed E-state index contributed by atoms with van der Waals surface area (Å²) < 4.78 is 30.8. The Bertz CT molecular complexity index is 544. The number of benzene rings is 1. The van der Waals surface area contributed by atoms with Crippen LogP contribution in [-0.4, -0.2) is 12.6 Å². The van der Waals surface area contributed by atoms with E-state index in [9.17, 15) is 13.6 Å². The molecule has 5 heteroatoms. The van der Waals surface area contributed by atoms with Gasteiger partial charge in [0.05, 0.1) is 0 Å². The fourth-order valence-electron chi connectivity index (χ4n) is 1.13. The van der Waals surface area contributed by atoms with Crippen molar-refractivity contribution in [3.63, 3.8) is 0 Å². The Morgan fingerprint density at radius 2 is 2.22 bits per heavy atom. The van der Waals surface area contributed by atoms with Crippen molar-refractivity contribution in [1.82, 2.24) is 0 Å². The third-order valence-corrected chi connectivity index (χ3v) is 1.93. The lowest BCUT2D eigenvalue weighted by Crippen LogP contribution is -2.06. The number of hydrogen-bond donors (Lipinski definition) is 0. The zero-order valence-corrected chi connectivity index (χ0v) is 9.32. The molecule has 0 aromatic heterocycles. The van der Waals surface area contributed by atoms with E-state index >= 15 is 0 Å². The van der Waals surface area contributed by atoms with Gasteiger partial charge >= 0.3 is 5.97 Å². The smallest absolute Gasteiger partial charge is 0.349 e. The molecule has 0 fully saturated rings. The molecule has 0 aliphatic carbocycles. The fourth-order valence-corrected chi connectivity index (χ4v) is 1.13. The molecule has 1 rings (SSSR count). The summed E-state index contributed by atoms with van der Waals surface area (Å²) in [6, 6.07) is 4.30. The number of rotatable bonds is 4. The van der Waals surface area contributed by atoms with Crippen molar-refractivity contribution in [2.24, 2.45) is 0 Å². The molecule has 0 amide bonds. The summed E-state index contributed by atoms with van der Waals surface area (Å²) in [5.74, 6) is -2.32. The van der Waals surface area contributed by atoms with Crippen molar-refractivity contribution in [2.75, 3.05) is 6.61 Å². The van der Waals surface area contributed by atoms with E-state index < -0.39 is 23.2 Å². The molecule has 92 valence electrons. The lowest BCUT2D eigenvalue weighted by Gasteiger charge is -2.01. The van der Waals surface area contributed by atoms with E-state index in [4.69, 9.17) is 5.26 Å². The highest BCUT2D eigenvalue weighted by molar-refractivity contribution is 5.97. The van der Waals surface area contributed by atoms with Gasteiger partial charge in [0.2, 0.25) is 0 Å². The summed E-state index contributed by atoms with van der Waals surface area (Å²) in [5, 5.41) is 8.76. The molecule has 0 radical (unpaired) electrons. The van der Waals surface area contributed by atoms with Crippen molar-refractivity contribution in [2.45, 2.75) is 0 Å². The van der Waals surface area contributed by atoms with E-state index in [0.29, 0.717) is 0 Å². The van der Waals surface area contributed by atoms with Crippen LogP contribution in [0.5, 0.6) is 0 Å². The maximum absolute atomic E-state index is 13.3. The van der Waals surface area contributed by atoms with Crippen LogP contribution in [0.25, 0.3) is 6.08 Å². The largest absolute Gasteiger partial charge is 0.457 e. The molecule has 1 aromatic rings. The fraction of sp³-hybridized carbons (Fsp3) is 0.0769. The Kier molecular flexibility index (Phi) is 4.76. The second kappa shape index (κ2) is 6.30. The standard InChI is InChI=1S/C13H9F2NO2/c1-2-5-18-13(17)10(8-16)6-9-7-11(14)3-4-12(9)15/h2-4,6-7H,1,5H2/b10-6-. The van der Waals surface area contributed by atoms with E-state index in [2.05, 4.69) is 11.3 Å². The molecule has 0 aliphatic heterocycles. The molecule has 0 spiro atoms. The first-order chi connectivity index (χ1) is 8.58. The Morgan fingerprint density at radius 1 is 1.50 bits per heavy atom. The van der Waals surface area contributed by atoms with Crippen LogP contribution >= 0.6 is 0 Å². The predicted molar refractivity (Wildman–Crippen MR) is 61.1 cm³/mol. The van der Waals surface area contributed by atoms with Crippen LogP contribution in [0.15, 0.2) is 36.4 Å². The second-order valence-electron chi connectivity index (χ2n) is 3.22. The van der Waals surface area contributed by atoms with Crippen molar-refractivity contribution in [3.8, 4) is 6.07 Å². The highest BCUT2D eigenvalue weighted by atomic mass is 19.1. The highest BCUT2D eigenvalue weighted by Crippen LogP contribution is 2.14. The molecule has 0 saturated carbocycles. The van der Waals surface area contributed by atoms with Crippen molar-refractivity contribution in [1.29, 1.82) is 5.26 Å². The minimum absolute atomic E-state index is 0.0660. The minimum atomic E-state index is -0.916. The Labute approximate surface area is 103 Å². The quantitative estimate of drug-likeness (QED) is 0.356. The van der Waals surface area contributed by atoms with Crippen LogP contribution in [0.4, 0.5) is 8.78 Å². The van der Waals surface area contributed by atoms with E-state index in [-0.39, 0.29) is 12.2 Å². The van der Waals surface area contributed by atoms with Gasteiger partial charge < -0.3 is 4.74 Å². The molecule has 0 bridgehead atoms. The molecule has 1 aromatic carbocycles. The summed E-state index contributed by atoms with van der Waals surface area (Å²) in [6.45, 7) is 3.27. The van der Waals surface area contributed by atoms with Gasteiger partial charge in [-0.05, 0) is 24.3 Å². The molecule has 0 atom stereocenters. The third-order valence-electron chi connectivity index (χ3n) is 1.93. The number of halogens is 2. The number of nitriles is 1. The number of esters is 1. The normalized spacial score (nSPS) is 10.6. The minimum Gasteiger partial charge on any atom is -0.457 e. The highest BCUT2D eigenvalue weighted by Gasteiger charge is 2.11. The monoisotopic (exact) mass is 249 g/mol. The summed E-state index contributed by atoms with van der Waals surface area (Å²) in [6.07, 6.45) is 2.26. The average molecular weight is 249 g/mol. The average Bonchev–Trinajstić information content (AvgIpc) is 2.36. The first-order valence-electron chi connectivity index (χ1n) is 4.93. The van der Waals surface area contributed by atoms with Gasteiger partial charge in [0.25, 0.3) is 0 Å². The van der Waals surface area contributed by atoms with Gasteiger partial charge in [-0.1, -0.05) is 12.7 Å². The number of hydrogen-bond acceptors (Lipinski definition) is 3. The predicted octanol–water partition coefficient (Wildman–Crippen LogP) is 2.60. The molecule has 3 nitrogen and oxygen atoms in total. The maximum atomic E-state index is 13.3. The van der Waals surface area contributed by atoms with Crippen LogP contribution in [0, 0.1) is 23.0 Å². The summed E-state index contributed by atoms with van der Waals surface area (Å²) >= 11 is 0. The first kappa shape index (κ1) is 13.6. The van der Waals surface area contributed by atoms with Crippen molar-refractivity contribution in [3.05, 3.63) is 53.6 Å². The molecular formula is C13H9F2NO2. The Hall–Kier alpha value is -2.48. The summed E-state index contributed by atoms with van der Waals surface area (Å²) in [7, 11) is 0. The van der Waals surface area contributed by atoms with Crippen molar-refractivity contribution >= 4 is 12.0 Å². The lowest BCUT2D eigenvalue weighted by atomic mass is 10.1. The van der Waals surface area contributed by atoms with E-state index in [0.717, 1.165) is 24.3 Å². The van der Waals surface area contributed by atoms with Gasteiger partial charge in [-0.15, -0.1) is 0 Å². The maximum Gasteiger partial charge on any atom is 0.349 e. The zero-order chi connectivity index (χ0) is 13.5. The molecule has 0 aliphatic rings. The van der Waals surface area contributed by atoms with Crippen LogP contribution in [0.1, 0.15) is 5.56 Å². The number of ether oxygens (including phenoxy) is 1. The van der Waals surface area contributed by atoms with Crippen LogP contribution in [0.3, 0.4) is 0 Å². The third kappa shape index (κ3) is 3.52. The topological polar surface area (TPSA) is 50.1 Å². The van der Waals surface area contributed by atoms with E-state index in [1.54, 1.807) is 6.07 Å². The van der Waals surface area contributed by atoms with Crippen LogP contribution < -0.4 is 0 Å². The van der Waals surface area contributed by atoms with Gasteiger partial charge in [0, 0.05) is 5.56 Å². The van der Waals surface area contributed by atoms with Crippen molar-refractivity contribution < 1.29 is 18.3 Å². The van der Waals surface area contributed by atoms with Crippen LogP contribution in [0.2, 0.25) is 0 Å². The number of carbonyl (C=O) groups excluding carboxylic acids is 1. The van der Waals surface area contributed by atoms with Gasteiger partial charge in [0.1, 0.15) is 29.9 Å². The number of carbonyl (C=O) groups is 1. The Balaban J connectivity index is 3.04. The second-order valence-corrected chi connectivity index (χ2v) is 3.22. The molecule has 0 saturated heterocycles. The molecule has 0 heterocycles. The van der Waals surface area contributed by atoms with Gasteiger partial charge in [-0.3, -0.25) is 0 Å². The summed E-state index contributed by atoms with van der Waals surface area (Å²) in [5.41, 5.74) is -0.608. The first-order valence-corrected chi connectivity index (χ1v) is 4.93. The zero-order valence-electron chi connectivity index (χ0n) is 9.32. The molecular weight excluding hydrogens is 240 g/mol. The number of nitrogens with zero attached hydrogens (tertiary/aromatic N) is 1. The Morgan fingerprint density at radius 3 is 2.83 bits per heavy atom. The summed E-state index contributed by atoms with van der Waals surface area (Å²) in [4.78, 5) is 11.4. The lowest BCUT2D eigenvalue weighted by molar-refractivity contribution is -0.137. The SMILES string of the molecule is C=CCOC(=O)/C(C#N)=C\c1cc(F)ccc1F. The van der Waals surface area contributed by atoms with Gasteiger partial charge in [-0.25, -0.2) is 13.6 Å².